The number of anilines is 3. The molecular formula is C40H42FN5O4Si. The fraction of sp³-hybridized carbons (Fsp3) is 0.300. The van der Waals surface area contributed by atoms with E-state index in [1.165, 1.54) is 0 Å². The number of benzene rings is 4. The first kappa shape index (κ1) is 34.5. The van der Waals surface area contributed by atoms with Crippen molar-refractivity contribution in [1.82, 2.24) is 15.0 Å². The Hall–Kier alpha value is -4.97. The lowest BCUT2D eigenvalue weighted by Gasteiger charge is -2.31. The van der Waals surface area contributed by atoms with Crippen LogP contribution in [0.2, 0.25) is 18.6 Å². The molecular weight excluding hydrogens is 662 g/mol. The van der Waals surface area contributed by atoms with Crippen molar-refractivity contribution in [1.29, 1.82) is 0 Å². The molecule has 9 nitrogen and oxygen atoms in total. The number of halogens is 1. The van der Waals surface area contributed by atoms with E-state index >= 15 is 4.11 Å². The van der Waals surface area contributed by atoms with E-state index < -0.39 is 31.6 Å². The molecule has 7 rings (SSSR count). The predicted molar refractivity (Wildman–Crippen MR) is 197 cm³/mol. The smallest absolute Gasteiger partial charge is 0.264 e. The third kappa shape index (κ3) is 6.30. The summed E-state index contributed by atoms with van der Waals surface area (Å²) >= 11 is 0. The molecule has 0 aliphatic carbocycles. The Kier molecular flexibility index (Phi) is 9.45. The zero-order valence-electron chi connectivity index (χ0n) is 29.0. The van der Waals surface area contributed by atoms with E-state index in [9.17, 15) is 14.7 Å². The minimum absolute atomic E-state index is 0.108. The molecule has 1 fully saturated rings. The zero-order chi connectivity index (χ0) is 35.8. The number of fused-ring (bicyclic) bond motifs is 2. The second kappa shape index (κ2) is 14.0. The van der Waals surface area contributed by atoms with Crippen molar-refractivity contribution in [3.8, 4) is 0 Å². The summed E-state index contributed by atoms with van der Waals surface area (Å²) in [5.41, 5.74) is 3.54. The lowest BCUT2D eigenvalue weighted by molar-refractivity contribution is -0.146. The first-order chi connectivity index (χ1) is 24.7. The molecule has 2 amide bonds. The molecule has 1 saturated heterocycles. The van der Waals surface area contributed by atoms with Crippen LogP contribution in [0.25, 0.3) is 0 Å². The summed E-state index contributed by atoms with van der Waals surface area (Å²) in [6, 6.07) is 34.3. The van der Waals surface area contributed by atoms with Crippen molar-refractivity contribution >= 4 is 37.8 Å². The maximum atomic E-state index is 16.4. The van der Waals surface area contributed by atoms with Gasteiger partial charge in [-0.1, -0.05) is 91.0 Å². The molecule has 2 aliphatic heterocycles. The van der Waals surface area contributed by atoms with E-state index in [4.69, 9.17) is 4.74 Å². The third-order valence-electron chi connectivity index (χ3n) is 10.5. The maximum Gasteiger partial charge on any atom is 0.264 e. The summed E-state index contributed by atoms with van der Waals surface area (Å²) in [7, 11) is -3.36. The van der Waals surface area contributed by atoms with Gasteiger partial charge < -0.3 is 18.9 Å². The number of hydrogen-bond acceptors (Lipinski definition) is 6. The van der Waals surface area contributed by atoms with Gasteiger partial charge in [0.1, 0.15) is 0 Å². The molecule has 11 heteroatoms. The largest absolute Gasteiger partial charge is 0.395 e. The molecule has 0 radical (unpaired) electrons. The number of carbonyl (C=O) groups excluding carboxylic acids is 2. The van der Waals surface area contributed by atoms with Crippen molar-refractivity contribution in [2.75, 3.05) is 16.4 Å². The number of aliphatic hydroxyl groups excluding tert-OH is 1. The van der Waals surface area contributed by atoms with Crippen molar-refractivity contribution in [2.24, 2.45) is 5.92 Å². The van der Waals surface area contributed by atoms with Gasteiger partial charge >= 0.3 is 0 Å². The number of nitrogens with zero attached hydrogens (tertiary/aromatic N) is 5. The number of aryl methyl sites for hydroxylation is 1. The average molecular weight is 704 g/mol. The minimum atomic E-state index is -3.36. The lowest BCUT2D eigenvalue weighted by Crippen LogP contribution is -2.45. The number of aliphatic hydroxyl groups is 1. The SMILES string of the molecule is C[C@@H]1[C@@H]([Si](C)(C)F)[C@H](CCn2cc(C(CO)c3ccccc3)nn2)O[C@@]12C(=O)N(Cc1cccc(N(C=O)c3ccccc3)c1)c1ccccc12. The number of ether oxygens (including phenoxy) is 1. The molecule has 1 N–H and O–H groups in total. The molecule has 1 spiro atoms. The Morgan fingerprint density at radius 1 is 0.980 bits per heavy atom. The Labute approximate surface area is 298 Å². The summed E-state index contributed by atoms with van der Waals surface area (Å²) in [5, 5.41) is 18.8. The van der Waals surface area contributed by atoms with Gasteiger partial charge in [-0.3, -0.25) is 19.2 Å². The van der Waals surface area contributed by atoms with Gasteiger partial charge in [-0.25, -0.2) is 0 Å². The van der Waals surface area contributed by atoms with Crippen molar-refractivity contribution in [3.05, 3.63) is 138 Å². The highest BCUT2D eigenvalue weighted by atomic mass is 28.4. The highest BCUT2D eigenvalue weighted by Gasteiger charge is 2.66. The van der Waals surface area contributed by atoms with Crippen LogP contribution in [0.3, 0.4) is 0 Å². The van der Waals surface area contributed by atoms with Crippen molar-refractivity contribution in [3.63, 3.8) is 0 Å². The molecule has 51 heavy (non-hydrogen) atoms. The Morgan fingerprint density at radius 3 is 2.37 bits per heavy atom. The number of aromatic nitrogens is 3. The normalized spacial score (nSPS) is 21.9. The van der Waals surface area contributed by atoms with Gasteiger partial charge in [-0.05, 0) is 61.0 Å². The number of rotatable bonds is 12. The molecule has 1 unspecified atom stereocenters. The summed E-state index contributed by atoms with van der Waals surface area (Å²) in [6.45, 7) is 5.91. The van der Waals surface area contributed by atoms with Crippen LogP contribution in [0.1, 0.15) is 41.6 Å². The molecule has 4 aromatic carbocycles. The quantitative estimate of drug-likeness (QED) is 0.0845. The van der Waals surface area contributed by atoms with Crippen LogP contribution in [0.5, 0.6) is 0 Å². The zero-order valence-corrected chi connectivity index (χ0v) is 30.0. The minimum Gasteiger partial charge on any atom is -0.395 e. The third-order valence-corrected chi connectivity index (χ3v) is 12.9. The highest BCUT2D eigenvalue weighted by Crippen LogP contribution is 2.60. The standard InChI is InChI=1S/C40H42FN5O4Si/c1-28-38(51(2,3)41)37(21-22-44-25-35(42-43-44)33(26-47)30-14-6-4-7-15-30)50-40(28)34-19-10-11-20-36(34)45(39(40)49)24-29-13-12-18-32(23-29)46(27-48)31-16-8-5-9-17-31/h4-20,23,25,27-28,33,37-38,47H,21-22,24,26H2,1-3H3/t28-,33?,37+,38-,40+/m1/s1. The van der Waals surface area contributed by atoms with Gasteiger partial charge in [0.15, 0.2) is 5.60 Å². The van der Waals surface area contributed by atoms with Gasteiger partial charge in [-0.2, -0.15) is 0 Å². The summed E-state index contributed by atoms with van der Waals surface area (Å²) in [4.78, 5) is 30.3. The first-order valence-corrected chi connectivity index (χ1v) is 20.3. The van der Waals surface area contributed by atoms with E-state index in [1.807, 2.05) is 122 Å². The molecule has 2 aliphatic rings. The fourth-order valence-electron chi connectivity index (χ4n) is 8.17. The molecule has 0 saturated carbocycles. The van der Waals surface area contributed by atoms with Crippen LogP contribution in [-0.4, -0.2) is 53.5 Å². The van der Waals surface area contributed by atoms with Crippen molar-refractivity contribution in [2.45, 2.75) is 62.7 Å². The Morgan fingerprint density at radius 2 is 1.67 bits per heavy atom. The van der Waals surface area contributed by atoms with Gasteiger partial charge in [0.05, 0.1) is 36.6 Å². The Balaban J connectivity index is 1.16. The summed E-state index contributed by atoms with van der Waals surface area (Å²) < 4.78 is 25.0. The van der Waals surface area contributed by atoms with E-state index in [0.29, 0.717) is 24.3 Å². The molecule has 5 atom stereocenters. The second-order valence-electron chi connectivity index (χ2n) is 14.0. The van der Waals surface area contributed by atoms with Crippen LogP contribution in [0.15, 0.2) is 115 Å². The van der Waals surface area contributed by atoms with Crippen LogP contribution in [0, 0.1) is 5.92 Å². The van der Waals surface area contributed by atoms with Crippen LogP contribution in [-0.2, 0) is 33.0 Å². The number of amides is 2. The molecule has 262 valence electrons. The lowest BCUT2D eigenvalue weighted by atomic mass is 9.82. The first-order valence-electron chi connectivity index (χ1n) is 17.4. The highest BCUT2D eigenvalue weighted by molar-refractivity contribution is 6.72. The number of carbonyl (C=O) groups is 2. The van der Waals surface area contributed by atoms with Crippen LogP contribution >= 0.6 is 0 Å². The maximum absolute atomic E-state index is 16.4. The summed E-state index contributed by atoms with van der Waals surface area (Å²) in [5.74, 6) is -0.944. The monoisotopic (exact) mass is 703 g/mol. The summed E-state index contributed by atoms with van der Waals surface area (Å²) in [6.07, 6.45) is 2.51. The van der Waals surface area contributed by atoms with E-state index in [2.05, 4.69) is 10.3 Å². The van der Waals surface area contributed by atoms with E-state index in [1.54, 1.807) is 27.6 Å². The van der Waals surface area contributed by atoms with Gasteiger partial charge in [-0.15, -0.1) is 5.10 Å². The van der Waals surface area contributed by atoms with Crippen molar-refractivity contribution < 1.29 is 23.5 Å². The van der Waals surface area contributed by atoms with E-state index in [0.717, 1.165) is 34.5 Å². The predicted octanol–water partition coefficient (Wildman–Crippen LogP) is 7.11. The van der Waals surface area contributed by atoms with E-state index in [-0.39, 0.29) is 25.0 Å². The fourth-order valence-corrected chi connectivity index (χ4v) is 10.7. The molecule has 1 aromatic heterocycles. The average Bonchev–Trinajstić information content (AvgIpc) is 3.79. The van der Waals surface area contributed by atoms with Crippen LogP contribution < -0.4 is 9.80 Å². The molecule has 5 aromatic rings. The van der Waals surface area contributed by atoms with Crippen LogP contribution in [0.4, 0.5) is 21.2 Å². The Bertz CT molecular complexity index is 2000. The molecule has 0 bridgehead atoms. The van der Waals surface area contributed by atoms with Gasteiger partial charge in [0, 0.05) is 41.1 Å². The molecule has 3 heterocycles. The van der Waals surface area contributed by atoms with Gasteiger partial charge in [0.25, 0.3) is 5.91 Å². The second-order valence-corrected chi connectivity index (χ2v) is 17.8. The number of hydrogen-bond donors (Lipinski definition) is 1. The van der Waals surface area contributed by atoms with Gasteiger partial charge in [0.2, 0.25) is 14.8 Å². The number of para-hydroxylation sites is 2. The topological polar surface area (TPSA) is 101 Å².